The van der Waals surface area contributed by atoms with E-state index in [9.17, 15) is 9.59 Å². The number of benzene rings is 3. The summed E-state index contributed by atoms with van der Waals surface area (Å²) >= 11 is 6.12. The fourth-order valence-corrected chi connectivity index (χ4v) is 2.57. The number of rotatable bonds is 8. The van der Waals surface area contributed by atoms with E-state index in [0.29, 0.717) is 28.0 Å². The van der Waals surface area contributed by atoms with Gasteiger partial charge in [0.15, 0.2) is 12.4 Å². The topological polar surface area (TPSA) is 76.7 Å². The molecule has 0 radical (unpaired) electrons. The zero-order valence-corrected chi connectivity index (χ0v) is 16.2. The molecular formula is C22H19ClN2O4. The summed E-state index contributed by atoms with van der Waals surface area (Å²) in [5.41, 5.74) is 0.465. The minimum Gasteiger partial charge on any atom is -0.484 e. The lowest BCUT2D eigenvalue weighted by molar-refractivity contribution is -0.125. The minimum atomic E-state index is -0.399. The lowest BCUT2D eigenvalue weighted by atomic mass is 10.2. The third-order valence-electron chi connectivity index (χ3n) is 3.78. The van der Waals surface area contributed by atoms with Crippen molar-refractivity contribution in [2.45, 2.75) is 0 Å². The van der Waals surface area contributed by atoms with Crippen LogP contribution in [-0.4, -0.2) is 25.0 Å². The maximum Gasteiger partial charge on any atom is 0.258 e. The SMILES string of the molecule is O=C(COc1ccccc1)NCC(=O)Nc1ccccc1Oc1ccccc1Cl. The van der Waals surface area contributed by atoms with Crippen molar-refractivity contribution in [2.24, 2.45) is 0 Å². The van der Waals surface area contributed by atoms with Crippen LogP contribution in [0.3, 0.4) is 0 Å². The van der Waals surface area contributed by atoms with Crippen molar-refractivity contribution in [3.05, 3.63) is 83.9 Å². The van der Waals surface area contributed by atoms with E-state index in [1.165, 1.54) is 0 Å². The van der Waals surface area contributed by atoms with Crippen molar-refractivity contribution in [3.63, 3.8) is 0 Å². The molecule has 0 saturated heterocycles. The maximum atomic E-state index is 12.2. The molecule has 0 aliphatic rings. The number of ether oxygens (including phenoxy) is 2. The number of anilines is 1. The molecule has 148 valence electrons. The first kappa shape index (κ1) is 20.2. The summed E-state index contributed by atoms with van der Waals surface area (Å²) in [4.78, 5) is 24.1. The molecule has 0 saturated carbocycles. The number of hydrogen-bond acceptors (Lipinski definition) is 4. The van der Waals surface area contributed by atoms with E-state index in [1.807, 2.05) is 18.2 Å². The van der Waals surface area contributed by atoms with Gasteiger partial charge in [0, 0.05) is 0 Å². The number of nitrogens with one attached hydrogen (secondary N) is 2. The molecular weight excluding hydrogens is 392 g/mol. The molecule has 6 nitrogen and oxygen atoms in total. The molecule has 3 aromatic carbocycles. The molecule has 7 heteroatoms. The lowest BCUT2D eigenvalue weighted by Crippen LogP contribution is -2.35. The van der Waals surface area contributed by atoms with E-state index in [-0.39, 0.29) is 13.2 Å². The van der Waals surface area contributed by atoms with Gasteiger partial charge in [-0.25, -0.2) is 0 Å². The number of hydrogen-bond donors (Lipinski definition) is 2. The average molecular weight is 411 g/mol. The first-order chi connectivity index (χ1) is 14.1. The van der Waals surface area contributed by atoms with Gasteiger partial charge in [-0.3, -0.25) is 9.59 Å². The highest BCUT2D eigenvalue weighted by Gasteiger charge is 2.11. The quantitative estimate of drug-likeness (QED) is 0.581. The highest BCUT2D eigenvalue weighted by molar-refractivity contribution is 6.32. The van der Waals surface area contributed by atoms with Crippen LogP contribution in [0.5, 0.6) is 17.2 Å². The summed E-state index contributed by atoms with van der Waals surface area (Å²) in [5.74, 6) is 0.700. The van der Waals surface area contributed by atoms with Crippen LogP contribution >= 0.6 is 11.6 Å². The number of carbonyl (C=O) groups excluding carboxylic acids is 2. The van der Waals surface area contributed by atoms with E-state index in [0.717, 1.165) is 0 Å². The number of amides is 2. The fraction of sp³-hybridized carbons (Fsp3) is 0.0909. The Hall–Kier alpha value is -3.51. The molecule has 0 aliphatic heterocycles. The third-order valence-corrected chi connectivity index (χ3v) is 4.09. The smallest absolute Gasteiger partial charge is 0.258 e. The maximum absolute atomic E-state index is 12.2. The summed E-state index contributed by atoms with van der Waals surface area (Å²) in [5, 5.41) is 5.69. The standard InChI is InChI=1S/C22H19ClN2O4/c23-17-10-4-6-12-19(17)29-20-13-7-5-11-18(20)25-21(26)14-24-22(27)15-28-16-8-2-1-3-9-16/h1-13H,14-15H2,(H,24,27)(H,25,26). The third kappa shape index (κ3) is 6.26. The molecule has 0 aliphatic carbocycles. The van der Waals surface area contributed by atoms with Crippen LogP contribution < -0.4 is 20.1 Å². The van der Waals surface area contributed by atoms with Gasteiger partial charge in [-0.05, 0) is 36.4 Å². The van der Waals surface area contributed by atoms with Crippen LogP contribution in [0.1, 0.15) is 0 Å². The molecule has 0 spiro atoms. The van der Waals surface area contributed by atoms with E-state index in [4.69, 9.17) is 21.1 Å². The predicted octanol–water partition coefficient (Wildman–Crippen LogP) is 4.27. The van der Waals surface area contributed by atoms with Crippen molar-refractivity contribution >= 4 is 29.1 Å². The molecule has 0 aromatic heterocycles. The van der Waals surface area contributed by atoms with Crippen molar-refractivity contribution in [3.8, 4) is 17.2 Å². The van der Waals surface area contributed by atoms with Crippen LogP contribution in [0.2, 0.25) is 5.02 Å². The molecule has 0 atom stereocenters. The monoisotopic (exact) mass is 410 g/mol. The van der Waals surface area contributed by atoms with Crippen LogP contribution in [0, 0.1) is 0 Å². The largest absolute Gasteiger partial charge is 0.484 e. The number of carbonyl (C=O) groups is 2. The van der Waals surface area contributed by atoms with Crippen molar-refractivity contribution in [2.75, 3.05) is 18.5 Å². The Bertz CT molecular complexity index is 979. The number of para-hydroxylation sites is 4. The van der Waals surface area contributed by atoms with Gasteiger partial charge < -0.3 is 20.1 Å². The Morgan fingerprint density at radius 2 is 1.45 bits per heavy atom. The van der Waals surface area contributed by atoms with Crippen molar-refractivity contribution < 1.29 is 19.1 Å². The Kier molecular flexibility index (Phi) is 7.08. The van der Waals surface area contributed by atoms with Crippen LogP contribution in [-0.2, 0) is 9.59 Å². The molecule has 0 unspecified atom stereocenters. The first-order valence-corrected chi connectivity index (χ1v) is 9.25. The average Bonchev–Trinajstić information content (AvgIpc) is 2.74. The Morgan fingerprint density at radius 1 is 0.793 bits per heavy atom. The normalized spacial score (nSPS) is 10.1. The molecule has 0 bridgehead atoms. The highest BCUT2D eigenvalue weighted by atomic mass is 35.5. The van der Waals surface area contributed by atoms with Gasteiger partial charge in [-0.1, -0.05) is 54.1 Å². The summed E-state index contributed by atoms with van der Waals surface area (Å²) < 4.78 is 11.1. The van der Waals surface area contributed by atoms with Crippen LogP contribution in [0.25, 0.3) is 0 Å². The van der Waals surface area contributed by atoms with Gasteiger partial charge >= 0.3 is 0 Å². The first-order valence-electron chi connectivity index (χ1n) is 8.87. The minimum absolute atomic E-state index is 0.177. The Balaban J connectivity index is 1.51. The van der Waals surface area contributed by atoms with Gasteiger partial charge in [-0.15, -0.1) is 0 Å². The summed E-state index contributed by atoms with van der Waals surface area (Å²) in [7, 11) is 0. The van der Waals surface area contributed by atoms with E-state index in [1.54, 1.807) is 60.7 Å². The van der Waals surface area contributed by atoms with Crippen molar-refractivity contribution in [1.82, 2.24) is 5.32 Å². The van der Waals surface area contributed by atoms with Crippen LogP contribution in [0.4, 0.5) is 5.69 Å². The molecule has 2 N–H and O–H groups in total. The summed E-state index contributed by atoms with van der Waals surface area (Å²) in [6.07, 6.45) is 0. The molecule has 3 rings (SSSR count). The summed E-state index contributed by atoms with van der Waals surface area (Å²) in [6.45, 7) is -0.374. The van der Waals surface area contributed by atoms with E-state index in [2.05, 4.69) is 10.6 Å². The molecule has 0 fully saturated rings. The molecule has 3 aromatic rings. The van der Waals surface area contributed by atoms with Crippen molar-refractivity contribution in [1.29, 1.82) is 0 Å². The molecule has 2 amide bonds. The Morgan fingerprint density at radius 3 is 2.21 bits per heavy atom. The van der Waals surface area contributed by atoms with E-state index >= 15 is 0 Å². The van der Waals surface area contributed by atoms with Gasteiger partial charge in [0.05, 0.1) is 17.3 Å². The second-order valence-corrected chi connectivity index (χ2v) is 6.36. The lowest BCUT2D eigenvalue weighted by Gasteiger charge is -2.13. The van der Waals surface area contributed by atoms with Gasteiger partial charge in [0.1, 0.15) is 11.5 Å². The second kappa shape index (κ2) is 10.1. The predicted molar refractivity (Wildman–Crippen MR) is 112 cm³/mol. The van der Waals surface area contributed by atoms with Crippen LogP contribution in [0.15, 0.2) is 78.9 Å². The second-order valence-electron chi connectivity index (χ2n) is 5.96. The Labute approximate surface area is 173 Å². The van der Waals surface area contributed by atoms with E-state index < -0.39 is 11.8 Å². The van der Waals surface area contributed by atoms with Gasteiger partial charge in [0.2, 0.25) is 5.91 Å². The fourth-order valence-electron chi connectivity index (χ4n) is 2.39. The highest BCUT2D eigenvalue weighted by Crippen LogP contribution is 2.33. The van der Waals surface area contributed by atoms with Gasteiger partial charge in [0.25, 0.3) is 5.91 Å². The number of halogens is 1. The molecule has 0 heterocycles. The zero-order chi connectivity index (χ0) is 20.5. The summed E-state index contributed by atoms with van der Waals surface area (Å²) in [6, 6.07) is 23.0. The molecule has 29 heavy (non-hydrogen) atoms. The van der Waals surface area contributed by atoms with Gasteiger partial charge in [-0.2, -0.15) is 0 Å². The zero-order valence-electron chi connectivity index (χ0n) is 15.4.